The molecule has 4 aromatic carbocycles. The molecule has 0 aliphatic heterocycles. The number of benzene rings is 4. The Morgan fingerprint density at radius 1 is 0.429 bits per heavy atom. The van der Waals surface area contributed by atoms with Gasteiger partial charge in [-0.15, -0.1) is 0 Å². The van der Waals surface area contributed by atoms with Crippen LogP contribution in [0, 0.1) is 0 Å². The van der Waals surface area contributed by atoms with E-state index in [9.17, 15) is 20.4 Å². The van der Waals surface area contributed by atoms with Gasteiger partial charge in [-0.1, -0.05) is 24.3 Å². The SMILES string of the molecule is Oc1ccc(C(CC(c2ccc(O)c(Br)c2)c2ccc(O)c(Br)c2)c2ccc(O)c(Br)c2)cc1Br. The zero-order valence-corrected chi connectivity index (χ0v) is 24.4. The van der Waals surface area contributed by atoms with E-state index in [1.807, 2.05) is 48.5 Å². The fraction of sp³-hybridized carbons (Fsp3) is 0.111. The maximum Gasteiger partial charge on any atom is 0.129 e. The Morgan fingerprint density at radius 2 is 0.657 bits per heavy atom. The summed E-state index contributed by atoms with van der Waals surface area (Å²) in [7, 11) is 0. The molecule has 180 valence electrons. The van der Waals surface area contributed by atoms with Crippen molar-refractivity contribution in [2.75, 3.05) is 0 Å². The van der Waals surface area contributed by atoms with Gasteiger partial charge in [-0.2, -0.15) is 0 Å². The molecule has 0 aliphatic carbocycles. The van der Waals surface area contributed by atoms with E-state index in [-0.39, 0.29) is 34.8 Å². The second-order valence-electron chi connectivity index (χ2n) is 8.18. The average molecular weight is 728 g/mol. The zero-order chi connectivity index (χ0) is 25.3. The molecule has 0 fully saturated rings. The molecule has 0 unspecified atom stereocenters. The van der Waals surface area contributed by atoms with Crippen molar-refractivity contribution in [2.24, 2.45) is 0 Å². The molecule has 0 spiro atoms. The lowest BCUT2D eigenvalue weighted by atomic mass is 9.78. The van der Waals surface area contributed by atoms with Crippen LogP contribution in [-0.4, -0.2) is 20.4 Å². The number of rotatable bonds is 6. The lowest BCUT2D eigenvalue weighted by molar-refractivity contribution is 0.471. The van der Waals surface area contributed by atoms with Crippen molar-refractivity contribution in [2.45, 2.75) is 18.3 Å². The van der Waals surface area contributed by atoms with E-state index < -0.39 is 0 Å². The predicted molar refractivity (Wildman–Crippen MR) is 152 cm³/mol. The highest BCUT2D eigenvalue weighted by molar-refractivity contribution is 9.11. The standard InChI is InChI=1S/C27H20Br4O4/c28-20-9-14(1-5-24(20)32)18(15-2-6-25(33)21(29)10-15)13-19(16-3-7-26(34)22(30)11-16)17-4-8-27(35)23(31)12-17/h1-12,18-19,32-35H,13H2. The smallest absolute Gasteiger partial charge is 0.129 e. The zero-order valence-electron chi connectivity index (χ0n) is 18.1. The summed E-state index contributed by atoms with van der Waals surface area (Å²) in [6, 6.07) is 21.8. The summed E-state index contributed by atoms with van der Waals surface area (Å²) in [4.78, 5) is 0. The quantitative estimate of drug-likeness (QED) is 0.160. The van der Waals surface area contributed by atoms with Gasteiger partial charge in [0.15, 0.2) is 0 Å². The molecule has 4 N–H and O–H groups in total. The van der Waals surface area contributed by atoms with E-state index in [0.29, 0.717) is 24.3 Å². The average Bonchev–Trinajstić information content (AvgIpc) is 2.82. The van der Waals surface area contributed by atoms with Gasteiger partial charge < -0.3 is 20.4 Å². The highest BCUT2D eigenvalue weighted by atomic mass is 79.9. The van der Waals surface area contributed by atoms with Gasteiger partial charge in [0, 0.05) is 11.8 Å². The van der Waals surface area contributed by atoms with E-state index in [1.165, 1.54) is 0 Å². The number of aromatic hydroxyl groups is 4. The topological polar surface area (TPSA) is 80.9 Å². The van der Waals surface area contributed by atoms with Crippen molar-refractivity contribution in [3.05, 3.63) is 113 Å². The molecule has 35 heavy (non-hydrogen) atoms. The van der Waals surface area contributed by atoms with Gasteiger partial charge in [0.25, 0.3) is 0 Å². The lowest BCUT2D eigenvalue weighted by Crippen LogP contribution is -2.10. The van der Waals surface area contributed by atoms with Crippen molar-refractivity contribution >= 4 is 63.7 Å². The first kappa shape index (κ1) is 26.1. The van der Waals surface area contributed by atoms with Crippen LogP contribution in [-0.2, 0) is 0 Å². The Morgan fingerprint density at radius 3 is 0.857 bits per heavy atom. The Hall–Kier alpha value is -2.00. The van der Waals surface area contributed by atoms with Gasteiger partial charge >= 0.3 is 0 Å². The summed E-state index contributed by atoms with van der Waals surface area (Å²) >= 11 is 13.7. The first-order chi connectivity index (χ1) is 16.6. The minimum Gasteiger partial charge on any atom is -0.507 e. The van der Waals surface area contributed by atoms with E-state index in [1.54, 1.807) is 24.3 Å². The highest BCUT2D eigenvalue weighted by Gasteiger charge is 2.25. The van der Waals surface area contributed by atoms with Crippen molar-refractivity contribution in [3.8, 4) is 23.0 Å². The van der Waals surface area contributed by atoms with Gasteiger partial charge in [0.1, 0.15) is 23.0 Å². The summed E-state index contributed by atoms with van der Waals surface area (Å²) in [5, 5.41) is 40.3. The Balaban J connectivity index is 1.88. The van der Waals surface area contributed by atoms with Crippen molar-refractivity contribution in [3.63, 3.8) is 0 Å². The molecular weight excluding hydrogens is 708 g/mol. The molecule has 8 heteroatoms. The molecule has 0 saturated heterocycles. The molecule has 4 aromatic rings. The molecule has 4 nitrogen and oxygen atoms in total. The maximum absolute atomic E-state index is 10.1. The van der Waals surface area contributed by atoms with Gasteiger partial charge in [-0.05, 0) is 141 Å². The Labute approximate surface area is 236 Å². The monoisotopic (exact) mass is 724 g/mol. The van der Waals surface area contributed by atoms with Crippen LogP contribution in [0.3, 0.4) is 0 Å². The van der Waals surface area contributed by atoms with E-state index in [0.717, 1.165) is 22.3 Å². The van der Waals surface area contributed by atoms with Crippen molar-refractivity contribution in [1.82, 2.24) is 0 Å². The molecule has 4 rings (SSSR count). The van der Waals surface area contributed by atoms with Crippen LogP contribution in [0.15, 0.2) is 90.7 Å². The maximum atomic E-state index is 10.1. The third kappa shape index (κ3) is 5.88. The second-order valence-corrected chi connectivity index (χ2v) is 11.6. The van der Waals surface area contributed by atoms with Crippen LogP contribution in [0.4, 0.5) is 0 Å². The lowest BCUT2D eigenvalue weighted by Gasteiger charge is -2.26. The Kier molecular flexibility index (Phi) is 8.16. The van der Waals surface area contributed by atoms with Crippen LogP contribution in [0.5, 0.6) is 23.0 Å². The van der Waals surface area contributed by atoms with Gasteiger partial charge in [0.2, 0.25) is 0 Å². The summed E-state index contributed by atoms with van der Waals surface area (Å²) < 4.78 is 2.37. The molecule has 0 atom stereocenters. The van der Waals surface area contributed by atoms with Crippen LogP contribution in [0.1, 0.15) is 40.5 Å². The third-order valence-electron chi connectivity index (χ3n) is 5.97. The minimum absolute atomic E-state index is 0.117. The molecule has 0 aromatic heterocycles. The molecule has 0 bridgehead atoms. The largest absolute Gasteiger partial charge is 0.507 e. The van der Waals surface area contributed by atoms with Crippen LogP contribution >= 0.6 is 63.7 Å². The highest BCUT2D eigenvalue weighted by Crippen LogP contribution is 2.44. The number of halogens is 4. The van der Waals surface area contributed by atoms with Crippen molar-refractivity contribution in [1.29, 1.82) is 0 Å². The van der Waals surface area contributed by atoms with Crippen LogP contribution in [0.25, 0.3) is 0 Å². The first-order valence-electron chi connectivity index (χ1n) is 10.6. The van der Waals surface area contributed by atoms with E-state index in [4.69, 9.17) is 0 Å². The number of hydrogen-bond acceptors (Lipinski definition) is 4. The molecule has 0 aliphatic rings. The van der Waals surface area contributed by atoms with E-state index >= 15 is 0 Å². The number of phenols is 4. The van der Waals surface area contributed by atoms with Crippen molar-refractivity contribution < 1.29 is 20.4 Å². The summed E-state index contributed by atoms with van der Waals surface area (Å²) in [6.07, 6.45) is 0.628. The molecule has 0 radical (unpaired) electrons. The summed E-state index contributed by atoms with van der Waals surface area (Å²) in [5.41, 5.74) is 3.92. The number of phenolic OH excluding ortho intramolecular Hbond substituents is 4. The molecule has 0 saturated carbocycles. The third-order valence-corrected chi connectivity index (χ3v) is 8.51. The minimum atomic E-state index is -0.117. The van der Waals surface area contributed by atoms with Gasteiger partial charge in [-0.3, -0.25) is 0 Å². The Bertz CT molecular complexity index is 1180. The van der Waals surface area contributed by atoms with Gasteiger partial charge in [0.05, 0.1) is 17.9 Å². The summed E-state index contributed by atoms with van der Waals surface area (Å²) in [6.45, 7) is 0. The number of hydrogen-bond donors (Lipinski definition) is 4. The fourth-order valence-electron chi connectivity index (χ4n) is 4.12. The van der Waals surface area contributed by atoms with Crippen LogP contribution in [0.2, 0.25) is 0 Å². The predicted octanol–water partition coefficient (Wildman–Crippen LogP) is 8.91. The van der Waals surface area contributed by atoms with Crippen LogP contribution < -0.4 is 0 Å². The normalized spacial score (nSPS) is 11.4. The molecular formula is C27H20Br4O4. The summed E-state index contributed by atoms with van der Waals surface area (Å²) in [5.74, 6) is 0.381. The fourth-order valence-corrected chi connectivity index (χ4v) is 5.71. The van der Waals surface area contributed by atoms with E-state index in [2.05, 4.69) is 63.7 Å². The second kappa shape index (κ2) is 10.9. The first-order valence-corrected chi connectivity index (χ1v) is 13.7. The molecule has 0 heterocycles. The molecule has 0 amide bonds. The van der Waals surface area contributed by atoms with Gasteiger partial charge in [-0.25, -0.2) is 0 Å².